The van der Waals surface area contributed by atoms with Gasteiger partial charge in [0.15, 0.2) is 0 Å². The topological polar surface area (TPSA) is 71.5 Å². The van der Waals surface area contributed by atoms with Crippen LogP contribution in [-0.2, 0) is 16.1 Å². The summed E-state index contributed by atoms with van der Waals surface area (Å²) in [6.07, 6.45) is 2.47. The van der Waals surface area contributed by atoms with E-state index >= 15 is 0 Å². The molecule has 0 atom stereocenters. The number of halogens is 1. The van der Waals surface area contributed by atoms with Gasteiger partial charge in [-0.1, -0.05) is 31.2 Å². The van der Waals surface area contributed by atoms with Crippen molar-refractivity contribution < 1.29 is 18.7 Å². The van der Waals surface area contributed by atoms with Gasteiger partial charge in [0.25, 0.3) is 11.8 Å². The molecule has 1 aliphatic heterocycles. The number of hydrogen-bond donors (Lipinski definition) is 1. The molecule has 1 aliphatic rings. The molecule has 0 aliphatic carbocycles. The van der Waals surface area contributed by atoms with Gasteiger partial charge in [-0.25, -0.2) is 4.39 Å². The van der Waals surface area contributed by atoms with E-state index in [4.69, 9.17) is 4.74 Å². The number of rotatable bonds is 8. The summed E-state index contributed by atoms with van der Waals surface area (Å²) in [6.45, 7) is 2.62. The van der Waals surface area contributed by atoms with Crippen LogP contribution in [0.3, 0.4) is 0 Å². The third kappa shape index (κ3) is 4.51. The summed E-state index contributed by atoms with van der Waals surface area (Å²) in [5.41, 5.74) is 1.96. The number of nitrogens with zero attached hydrogens (tertiary/aromatic N) is 2. The lowest BCUT2D eigenvalue weighted by atomic mass is 10.0. The predicted octanol–water partition coefficient (Wildman–Crippen LogP) is 4.40. The first kappa shape index (κ1) is 21.2. The quantitative estimate of drug-likeness (QED) is 0.535. The number of imide groups is 1. The van der Waals surface area contributed by atoms with Crippen LogP contribution in [0.25, 0.3) is 5.57 Å². The van der Waals surface area contributed by atoms with E-state index in [0.29, 0.717) is 29.3 Å². The second-order valence-corrected chi connectivity index (χ2v) is 7.28. The highest BCUT2D eigenvalue weighted by molar-refractivity contribution is 6.36. The molecule has 0 fully saturated rings. The lowest BCUT2D eigenvalue weighted by molar-refractivity contribution is -0.137. The summed E-state index contributed by atoms with van der Waals surface area (Å²) in [7, 11) is 0. The Bertz CT molecular complexity index is 1160. The summed E-state index contributed by atoms with van der Waals surface area (Å²) >= 11 is 0. The fourth-order valence-electron chi connectivity index (χ4n) is 3.40. The van der Waals surface area contributed by atoms with Gasteiger partial charge in [0.2, 0.25) is 0 Å². The Balaban J connectivity index is 1.70. The number of anilines is 1. The molecule has 2 aromatic carbocycles. The second kappa shape index (κ2) is 9.43. The fraction of sp³-hybridized carbons (Fsp3) is 0.160. The van der Waals surface area contributed by atoms with Gasteiger partial charge in [-0.2, -0.15) is 0 Å². The summed E-state index contributed by atoms with van der Waals surface area (Å²) in [4.78, 5) is 31.9. The average Bonchev–Trinajstić information content (AvgIpc) is 3.03. The maximum absolute atomic E-state index is 13.5. The first-order valence-corrected chi connectivity index (χ1v) is 10.3. The van der Waals surface area contributed by atoms with E-state index < -0.39 is 17.6 Å². The van der Waals surface area contributed by atoms with E-state index in [-0.39, 0.29) is 17.8 Å². The number of aromatic nitrogens is 1. The number of ether oxygens (including phenoxy) is 1. The number of nitrogens with one attached hydrogen (secondary N) is 1. The number of hydrogen-bond acceptors (Lipinski definition) is 5. The number of pyridine rings is 1. The molecule has 162 valence electrons. The maximum Gasteiger partial charge on any atom is 0.278 e. The van der Waals surface area contributed by atoms with Crippen LogP contribution in [0.2, 0.25) is 0 Å². The Labute approximate surface area is 185 Å². The van der Waals surface area contributed by atoms with E-state index in [1.54, 1.807) is 42.6 Å². The summed E-state index contributed by atoms with van der Waals surface area (Å²) in [5, 5.41) is 3.09. The number of benzene rings is 2. The van der Waals surface area contributed by atoms with E-state index in [0.717, 1.165) is 11.3 Å². The Morgan fingerprint density at radius 2 is 1.81 bits per heavy atom. The molecule has 2 heterocycles. The van der Waals surface area contributed by atoms with Crippen LogP contribution in [0, 0.1) is 5.82 Å². The zero-order valence-electron chi connectivity index (χ0n) is 17.5. The van der Waals surface area contributed by atoms with Gasteiger partial charge in [-0.3, -0.25) is 19.5 Å². The second-order valence-electron chi connectivity index (χ2n) is 7.28. The molecule has 7 heteroatoms. The summed E-state index contributed by atoms with van der Waals surface area (Å²) in [5.74, 6) is -0.706. The fourth-order valence-corrected chi connectivity index (χ4v) is 3.40. The number of carbonyl (C=O) groups excluding carboxylic acids is 2. The van der Waals surface area contributed by atoms with Gasteiger partial charge in [0.1, 0.15) is 17.3 Å². The Morgan fingerprint density at radius 1 is 1.00 bits per heavy atom. The maximum atomic E-state index is 13.5. The van der Waals surface area contributed by atoms with Crippen LogP contribution in [0.1, 0.15) is 24.6 Å². The van der Waals surface area contributed by atoms with Gasteiger partial charge < -0.3 is 10.1 Å². The minimum atomic E-state index is -0.472. The van der Waals surface area contributed by atoms with E-state index in [1.165, 1.54) is 24.3 Å². The summed E-state index contributed by atoms with van der Waals surface area (Å²) < 4.78 is 19.2. The molecule has 6 nitrogen and oxygen atoms in total. The standard InChI is InChI=1S/C25H22FN3O3/c1-2-14-32-21-8-5-7-19(15-21)28-23-22(17-9-11-18(26)12-10-17)24(30)29(25(23)31)16-20-6-3-4-13-27-20/h3-13,15,28H,2,14,16H2,1H3. The van der Waals surface area contributed by atoms with Crippen molar-refractivity contribution in [2.24, 2.45) is 0 Å². The molecule has 32 heavy (non-hydrogen) atoms. The molecule has 1 N–H and O–H groups in total. The molecule has 0 saturated heterocycles. The SMILES string of the molecule is CCCOc1cccc(NC2=C(c3ccc(F)cc3)C(=O)N(Cc3ccccn3)C2=O)c1. The number of carbonyl (C=O) groups is 2. The smallest absolute Gasteiger partial charge is 0.278 e. The van der Waals surface area contributed by atoms with Gasteiger partial charge in [-0.15, -0.1) is 0 Å². The first-order valence-electron chi connectivity index (χ1n) is 10.3. The normalized spacial score (nSPS) is 13.6. The minimum absolute atomic E-state index is 0.0357. The molecular weight excluding hydrogens is 409 g/mol. The van der Waals surface area contributed by atoms with Crippen LogP contribution >= 0.6 is 0 Å². The van der Waals surface area contributed by atoms with Crippen LogP contribution < -0.4 is 10.1 Å². The zero-order chi connectivity index (χ0) is 22.5. The van der Waals surface area contributed by atoms with Crippen molar-refractivity contribution in [1.29, 1.82) is 0 Å². The highest BCUT2D eigenvalue weighted by Gasteiger charge is 2.39. The van der Waals surface area contributed by atoms with Crippen molar-refractivity contribution in [2.45, 2.75) is 19.9 Å². The van der Waals surface area contributed by atoms with Crippen molar-refractivity contribution in [3.63, 3.8) is 0 Å². The van der Waals surface area contributed by atoms with Crippen molar-refractivity contribution >= 4 is 23.1 Å². The van der Waals surface area contributed by atoms with E-state index in [2.05, 4.69) is 10.3 Å². The lowest BCUT2D eigenvalue weighted by Gasteiger charge is -2.15. The Kier molecular flexibility index (Phi) is 6.26. The molecule has 0 unspecified atom stereocenters. The highest BCUT2D eigenvalue weighted by atomic mass is 19.1. The van der Waals surface area contributed by atoms with E-state index in [1.807, 2.05) is 13.0 Å². The molecule has 0 bridgehead atoms. The van der Waals surface area contributed by atoms with E-state index in [9.17, 15) is 14.0 Å². The largest absolute Gasteiger partial charge is 0.494 e. The highest BCUT2D eigenvalue weighted by Crippen LogP contribution is 2.32. The van der Waals surface area contributed by atoms with Crippen LogP contribution in [-0.4, -0.2) is 28.3 Å². The monoisotopic (exact) mass is 431 g/mol. The minimum Gasteiger partial charge on any atom is -0.494 e. The zero-order valence-corrected chi connectivity index (χ0v) is 17.5. The first-order chi connectivity index (χ1) is 15.6. The molecule has 0 saturated carbocycles. The lowest BCUT2D eigenvalue weighted by Crippen LogP contribution is -2.32. The van der Waals surface area contributed by atoms with Crippen LogP contribution in [0.5, 0.6) is 5.75 Å². The van der Waals surface area contributed by atoms with Gasteiger partial charge in [-0.05, 0) is 48.4 Å². The molecule has 3 aromatic rings. The molecule has 1 aromatic heterocycles. The molecule has 4 rings (SSSR count). The third-order valence-electron chi connectivity index (χ3n) is 4.92. The van der Waals surface area contributed by atoms with Crippen LogP contribution in [0.15, 0.2) is 78.6 Å². The molecular formula is C25H22FN3O3. The Morgan fingerprint density at radius 3 is 2.53 bits per heavy atom. The molecule has 0 spiro atoms. The summed E-state index contributed by atoms with van der Waals surface area (Å²) in [6, 6.07) is 18.0. The van der Waals surface area contributed by atoms with Gasteiger partial charge >= 0.3 is 0 Å². The molecule has 0 radical (unpaired) electrons. The third-order valence-corrected chi connectivity index (χ3v) is 4.92. The Hall–Kier alpha value is -4.00. The van der Waals surface area contributed by atoms with Crippen molar-refractivity contribution in [1.82, 2.24) is 9.88 Å². The predicted molar refractivity (Wildman–Crippen MR) is 119 cm³/mol. The van der Waals surface area contributed by atoms with Crippen molar-refractivity contribution in [3.05, 3.63) is 95.7 Å². The average molecular weight is 431 g/mol. The van der Waals surface area contributed by atoms with Crippen LogP contribution in [0.4, 0.5) is 10.1 Å². The van der Waals surface area contributed by atoms with Gasteiger partial charge in [0.05, 0.1) is 24.4 Å². The number of amides is 2. The van der Waals surface area contributed by atoms with Gasteiger partial charge in [0, 0.05) is 18.0 Å². The molecule has 2 amide bonds. The van der Waals surface area contributed by atoms with Crippen molar-refractivity contribution in [2.75, 3.05) is 11.9 Å². The van der Waals surface area contributed by atoms with Crippen molar-refractivity contribution in [3.8, 4) is 5.75 Å².